The predicted molar refractivity (Wildman–Crippen MR) is 101 cm³/mol. The van der Waals surface area contributed by atoms with Crippen molar-refractivity contribution >= 4 is 11.9 Å². The highest BCUT2D eigenvalue weighted by atomic mass is 16.6. The van der Waals surface area contributed by atoms with E-state index in [0.29, 0.717) is 24.8 Å². The lowest BCUT2D eigenvalue weighted by atomic mass is 9.68. The van der Waals surface area contributed by atoms with E-state index in [-0.39, 0.29) is 31.6 Å². The minimum absolute atomic E-state index is 0.160. The zero-order valence-corrected chi connectivity index (χ0v) is 15.9. The number of carbonyl (C=O) groups excluding carboxylic acids is 2. The van der Waals surface area contributed by atoms with Gasteiger partial charge in [-0.25, -0.2) is 0 Å². The summed E-state index contributed by atoms with van der Waals surface area (Å²) in [6.45, 7) is 7.11. The van der Waals surface area contributed by atoms with E-state index in [1.165, 1.54) is 6.92 Å². The number of carbonyl (C=O) groups is 2. The highest BCUT2D eigenvalue weighted by Crippen LogP contribution is 2.49. The van der Waals surface area contributed by atoms with Crippen molar-refractivity contribution in [3.8, 4) is 0 Å². The first-order valence-electron chi connectivity index (χ1n) is 9.12. The average molecular weight is 376 g/mol. The molecular formula is C21H28O6. The molecule has 1 saturated heterocycles. The Balaban J connectivity index is 2.15. The summed E-state index contributed by atoms with van der Waals surface area (Å²) in [5.41, 5.74) is 1.81. The quantitative estimate of drug-likeness (QED) is 0.523. The van der Waals surface area contributed by atoms with Crippen molar-refractivity contribution in [2.24, 2.45) is 5.41 Å². The summed E-state index contributed by atoms with van der Waals surface area (Å²) in [5.74, 6) is -0.652. The fourth-order valence-electron chi connectivity index (χ4n) is 3.60. The molecule has 1 aliphatic heterocycles. The highest BCUT2D eigenvalue weighted by molar-refractivity contribution is 5.75. The Labute approximate surface area is 159 Å². The van der Waals surface area contributed by atoms with Crippen molar-refractivity contribution in [1.29, 1.82) is 0 Å². The van der Waals surface area contributed by atoms with E-state index in [1.807, 2.05) is 25.2 Å². The van der Waals surface area contributed by atoms with Crippen LogP contribution in [0.5, 0.6) is 0 Å². The number of ether oxygens (including phenoxy) is 2. The predicted octanol–water partition coefficient (Wildman–Crippen LogP) is 2.37. The van der Waals surface area contributed by atoms with Crippen molar-refractivity contribution in [3.05, 3.63) is 47.6 Å². The fourth-order valence-corrected chi connectivity index (χ4v) is 3.60. The van der Waals surface area contributed by atoms with E-state index in [1.54, 1.807) is 6.08 Å². The minimum atomic E-state index is -0.607. The molecule has 0 saturated carbocycles. The van der Waals surface area contributed by atoms with E-state index in [2.05, 4.69) is 6.58 Å². The second-order valence-corrected chi connectivity index (χ2v) is 7.21. The SMILES string of the molecule is C=C1C=C[C@@H](OC(C)=O)CC12CC(=O)O[C@@H]2/C=C(\C)CCC=C(CO)CO. The second-order valence-electron chi connectivity index (χ2n) is 7.21. The van der Waals surface area contributed by atoms with Crippen LogP contribution in [0.4, 0.5) is 0 Å². The first-order valence-corrected chi connectivity index (χ1v) is 9.12. The van der Waals surface area contributed by atoms with E-state index in [4.69, 9.17) is 19.7 Å². The van der Waals surface area contributed by atoms with Crippen LogP contribution in [-0.2, 0) is 19.1 Å². The second kappa shape index (κ2) is 9.15. The van der Waals surface area contributed by atoms with Crippen molar-refractivity contribution in [2.45, 2.75) is 51.7 Å². The molecule has 148 valence electrons. The van der Waals surface area contributed by atoms with Gasteiger partial charge in [0.2, 0.25) is 0 Å². The molecule has 1 aliphatic carbocycles. The Hall–Kier alpha value is -2.18. The van der Waals surface area contributed by atoms with Gasteiger partial charge < -0.3 is 19.7 Å². The maximum atomic E-state index is 12.1. The molecule has 6 nitrogen and oxygen atoms in total. The molecule has 1 heterocycles. The summed E-state index contributed by atoms with van der Waals surface area (Å²) in [6, 6.07) is 0. The number of rotatable bonds is 7. The number of hydrogen-bond donors (Lipinski definition) is 2. The van der Waals surface area contributed by atoms with E-state index >= 15 is 0 Å². The summed E-state index contributed by atoms with van der Waals surface area (Å²) < 4.78 is 10.9. The molecule has 0 aromatic carbocycles. The van der Waals surface area contributed by atoms with E-state index < -0.39 is 17.6 Å². The van der Waals surface area contributed by atoms with Crippen LogP contribution in [0.3, 0.4) is 0 Å². The lowest BCUT2D eigenvalue weighted by Gasteiger charge is -2.37. The van der Waals surface area contributed by atoms with Gasteiger partial charge in [0.15, 0.2) is 0 Å². The standard InChI is InChI=1S/C21H28O6/c1-14(5-4-6-17(12-22)13-23)9-19-21(11-20(25)27-19)10-18(26-16(3)24)8-7-15(21)2/h6-9,18-19,22-23H,2,4-5,10-13H2,1,3H3/b14-9+/t18-,19-,21?/m1/s1. The number of aliphatic hydroxyl groups is 2. The molecule has 6 heteroatoms. The largest absolute Gasteiger partial charge is 0.458 e. The van der Waals surface area contributed by atoms with Crippen molar-refractivity contribution in [2.75, 3.05) is 13.2 Å². The van der Waals surface area contributed by atoms with Gasteiger partial charge in [0, 0.05) is 18.8 Å². The monoisotopic (exact) mass is 376 g/mol. The van der Waals surface area contributed by atoms with Gasteiger partial charge in [-0.1, -0.05) is 24.3 Å². The summed E-state index contributed by atoms with van der Waals surface area (Å²) in [6.07, 6.45) is 8.54. The van der Waals surface area contributed by atoms with Crippen molar-refractivity contribution in [1.82, 2.24) is 0 Å². The average Bonchev–Trinajstić information content (AvgIpc) is 2.90. The molecule has 0 bridgehead atoms. The maximum Gasteiger partial charge on any atom is 0.307 e. The van der Waals surface area contributed by atoms with Crippen LogP contribution in [0, 0.1) is 5.41 Å². The Morgan fingerprint density at radius 1 is 1.41 bits per heavy atom. The highest BCUT2D eigenvalue weighted by Gasteiger charge is 2.52. The molecule has 3 atom stereocenters. The van der Waals surface area contributed by atoms with Crippen molar-refractivity contribution < 1.29 is 29.3 Å². The lowest BCUT2D eigenvalue weighted by Crippen LogP contribution is -2.38. The van der Waals surface area contributed by atoms with Crippen molar-refractivity contribution in [3.63, 3.8) is 0 Å². The molecule has 0 aromatic heterocycles. The zero-order valence-electron chi connectivity index (χ0n) is 15.9. The Morgan fingerprint density at radius 3 is 2.74 bits per heavy atom. The van der Waals surface area contributed by atoms with Crippen LogP contribution in [-0.4, -0.2) is 47.6 Å². The topological polar surface area (TPSA) is 93.1 Å². The molecule has 27 heavy (non-hydrogen) atoms. The van der Waals surface area contributed by atoms with Gasteiger partial charge in [-0.05, 0) is 43.1 Å². The van der Waals surface area contributed by atoms with Crippen LogP contribution in [0.1, 0.15) is 39.5 Å². The molecule has 2 rings (SSSR count). The van der Waals surface area contributed by atoms with Gasteiger partial charge in [-0.15, -0.1) is 0 Å². The summed E-state index contributed by atoms with van der Waals surface area (Å²) in [5, 5.41) is 18.2. The smallest absolute Gasteiger partial charge is 0.307 e. The minimum Gasteiger partial charge on any atom is -0.458 e. The third-order valence-electron chi connectivity index (χ3n) is 5.11. The molecule has 0 radical (unpaired) electrons. The summed E-state index contributed by atoms with van der Waals surface area (Å²) >= 11 is 0. The molecule has 2 aliphatic rings. The van der Waals surface area contributed by atoms with Gasteiger partial charge in [0.05, 0.1) is 19.6 Å². The third-order valence-corrected chi connectivity index (χ3v) is 5.11. The van der Waals surface area contributed by atoms with E-state index in [0.717, 1.165) is 11.1 Å². The summed E-state index contributed by atoms with van der Waals surface area (Å²) in [7, 11) is 0. The number of esters is 2. The van der Waals surface area contributed by atoms with Crippen LogP contribution in [0.15, 0.2) is 47.6 Å². The maximum absolute atomic E-state index is 12.1. The number of hydrogen-bond acceptors (Lipinski definition) is 6. The first-order chi connectivity index (χ1) is 12.8. The molecule has 1 fully saturated rings. The number of allylic oxidation sites excluding steroid dienone is 3. The number of aliphatic hydroxyl groups excluding tert-OH is 2. The molecule has 0 aromatic rings. The number of cyclic esters (lactones) is 1. The van der Waals surface area contributed by atoms with Gasteiger partial charge >= 0.3 is 11.9 Å². The van der Waals surface area contributed by atoms with Gasteiger partial charge in [-0.2, -0.15) is 0 Å². The van der Waals surface area contributed by atoms with Crippen LogP contribution >= 0.6 is 0 Å². The van der Waals surface area contributed by atoms with Gasteiger partial charge in [-0.3, -0.25) is 9.59 Å². The molecule has 1 unspecified atom stereocenters. The Morgan fingerprint density at radius 2 is 2.11 bits per heavy atom. The molecule has 0 amide bonds. The van der Waals surface area contributed by atoms with Crippen LogP contribution in [0.2, 0.25) is 0 Å². The Kier molecular flexibility index (Phi) is 7.16. The first kappa shape index (κ1) is 21.1. The Bertz CT molecular complexity index is 681. The van der Waals surface area contributed by atoms with Gasteiger partial charge in [0.25, 0.3) is 0 Å². The molecular weight excluding hydrogens is 348 g/mol. The third kappa shape index (κ3) is 5.17. The van der Waals surface area contributed by atoms with Crippen LogP contribution in [0.25, 0.3) is 0 Å². The van der Waals surface area contributed by atoms with E-state index in [9.17, 15) is 9.59 Å². The van der Waals surface area contributed by atoms with Crippen LogP contribution < -0.4 is 0 Å². The molecule has 1 spiro atoms. The molecule has 2 N–H and O–H groups in total. The normalized spacial score (nSPS) is 27.6. The summed E-state index contributed by atoms with van der Waals surface area (Å²) in [4.78, 5) is 23.4. The fraction of sp³-hybridized carbons (Fsp3) is 0.524. The lowest BCUT2D eigenvalue weighted by molar-refractivity contribution is -0.146. The van der Waals surface area contributed by atoms with Gasteiger partial charge in [0.1, 0.15) is 12.2 Å². The zero-order chi connectivity index (χ0) is 20.0.